The van der Waals surface area contributed by atoms with Gasteiger partial charge in [-0.25, -0.2) is 4.39 Å². The molecule has 5 nitrogen and oxygen atoms in total. The lowest BCUT2D eigenvalue weighted by Gasteiger charge is -2.10. The van der Waals surface area contributed by atoms with Crippen molar-refractivity contribution < 1.29 is 18.8 Å². The zero-order valence-electron chi connectivity index (χ0n) is 11.0. The smallest absolute Gasteiger partial charge is 0.273 e. The molecular formula is C14H11BrFNO4. The number of ether oxygens (including phenoxy) is 2. The SMILES string of the molecule is COc1cc([N+](=O)[O-])ccc1OCc1ccc(F)c(Br)c1. The second kappa shape index (κ2) is 6.53. The molecule has 0 aliphatic carbocycles. The third-order valence-corrected chi connectivity index (χ3v) is 3.34. The van der Waals surface area contributed by atoms with Gasteiger partial charge in [0.1, 0.15) is 12.4 Å². The van der Waals surface area contributed by atoms with E-state index in [1.165, 1.54) is 31.4 Å². The van der Waals surface area contributed by atoms with Gasteiger partial charge in [-0.1, -0.05) is 6.07 Å². The van der Waals surface area contributed by atoms with Gasteiger partial charge in [0.05, 0.1) is 22.6 Å². The van der Waals surface area contributed by atoms with Gasteiger partial charge < -0.3 is 9.47 Å². The van der Waals surface area contributed by atoms with Crippen molar-refractivity contribution in [2.75, 3.05) is 7.11 Å². The standard InChI is InChI=1S/C14H11BrFNO4/c1-20-14-7-10(17(18)19)3-5-13(14)21-8-9-2-4-12(16)11(15)6-9/h2-7H,8H2,1H3. The van der Waals surface area contributed by atoms with E-state index in [0.29, 0.717) is 10.2 Å². The number of methoxy groups -OCH3 is 1. The van der Waals surface area contributed by atoms with E-state index in [0.717, 1.165) is 5.56 Å². The van der Waals surface area contributed by atoms with Crippen molar-refractivity contribution in [3.8, 4) is 11.5 Å². The molecule has 0 saturated carbocycles. The molecule has 21 heavy (non-hydrogen) atoms. The summed E-state index contributed by atoms with van der Waals surface area (Å²) in [7, 11) is 1.40. The van der Waals surface area contributed by atoms with Gasteiger partial charge in [0.15, 0.2) is 11.5 Å². The summed E-state index contributed by atoms with van der Waals surface area (Å²) in [6.07, 6.45) is 0. The molecule has 7 heteroatoms. The maximum Gasteiger partial charge on any atom is 0.273 e. The maximum absolute atomic E-state index is 13.1. The van der Waals surface area contributed by atoms with Gasteiger partial charge in [-0.3, -0.25) is 10.1 Å². The fraction of sp³-hybridized carbons (Fsp3) is 0.143. The minimum atomic E-state index is -0.511. The lowest BCUT2D eigenvalue weighted by atomic mass is 10.2. The van der Waals surface area contributed by atoms with Crippen molar-refractivity contribution in [3.63, 3.8) is 0 Å². The molecule has 0 aliphatic rings. The van der Waals surface area contributed by atoms with Crippen LogP contribution in [0, 0.1) is 15.9 Å². The highest BCUT2D eigenvalue weighted by Crippen LogP contribution is 2.31. The van der Waals surface area contributed by atoms with E-state index in [-0.39, 0.29) is 23.9 Å². The Balaban J connectivity index is 2.15. The zero-order valence-corrected chi connectivity index (χ0v) is 12.6. The van der Waals surface area contributed by atoms with E-state index in [1.807, 2.05) is 0 Å². The molecule has 0 saturated heterocycles. The average Bonchev–Trinajstić information content (AvgIpc) is 2.48. The van der Waals surface area contributed by atoms with Crippen molar-refractivity contribution in [2.45, 2.75) is 6.61 Å². The number of hydrogen-bond acceptors (Lipinski definition) is 4. The molecule has 0 aliphatic heterocycles. The second-order valence-corrected chi connectivity index (χ2v) is 4.98. The predicted octanol–water partition coefficient (Wildman–Crippen LogP) is 4.08. The van der Waals surface area contributed by atoms with Crippen molar-refractivity contribution in [1.29, 1.82) is 0 Å². The van der Waals surface area contributed by atoms with Crippen LogP contribution in [-0.4, -0.2) is 12.0 Å². The van der Waals surface area contributed by atoms with Crippen molar-refractivity contribution in [2.24, 2.45) is 0 Å². The summed E-state index contributed by atoms with van der Waals surface area (Å²) in [5.41, 5.74) is 0.674. The van der Waals surface area contributed by atoms with Crippen LogP contribution in [0.15, 0.2) is 40.9 Å². The average molecular weight is 356 g/mol. The third-order valence-electron chi connectivity index (χ3n) is 2.74. The van der Waals surface area contributed by atoms with Gasteiger partial charge >= 0.3 is 0 Å². The van der Waals surface area contributed by atoms with Crippen LogP contribution >= 0.6 is 15.9 Å². The van der Waals surface area contributed by atoms with E-state index in [9.17, 15) is 14.5 Å². The number of hydrogen-bond donors (Lipinski definition) is 0. The largest absolute Gasteiger partial charge is 0.493 e. The molecule has 0 atom stereocenters. The molecule has 0 fully saturated rings. The monoisotopic (exact) mass is 355 g/mol. The lowest BCUT2D eigenvalue weighted by Crippen LogP contribution is -1.99. The van der Waals surface area contributed by atoms with Crippen LogP contribution in [-0.2, 0) is 6.61 Å². The number of halogens is 2. The van der Waals surface area contributed by atoms with E-state index < -0.39 is 4.92 Å². The second-order valence-electron chi connectivity index (χ2n) is 4.13. The summed E-state index contributed by atoms with van der Waals surface area (Å²) in [5, 5.41) is 10.7. The Morgan fingerprint density at radius 3 is 2.62 bits per heavy atom. The van der Waals surface area contributed by atoms with E-state index in [2.05, 4.69) is 15.9 Å². The number of nitro benzene ring substituents is 1. The minimum absolute atomic E-state index is 0.0799. The Morgan fingerprint density at radius 1 is 1.24 bits per heavy atom. The highest BCUT2D eigenvalue weighted by atomic mass is 79.9. The third kappa shape index (κ3) is 3.69. The molecule has 0 N–H and O–H groups in total. The first kappa shape index (κ1) is 15.2. The van der Waals surface area contributed by atoms with Gasteiger partial charge in [-0.2, -0.15) is 0 Å². The molecule has 0 bridgehead atoms. The predicted molar refractivity (Wildman–Crippen MR) is 78.1 cm³/mol. The van der Waals surface area contributed by atoms with Crippen LogP contribution in [0.5, 0.6) is 11.5 Å². The highest BCUT2D eigenvalue weighted by molar-refractivity contribution is 9.10. The first-order valence-electron chi connectivity index (χ1n) is 5.90. The summed E-state index contributed by atoms with van der Waals surface area (Å²) in [5.74, 6) is 0.292. The number of nitrogens with zero attached hydrogens (tertiary/aromatic N) is 1. The topological polar surface area (TPSA) is 61.6 Å². The van der Waals surface area contributed by atoms with Gasteiger partial charge in [0.25, 0.3) is 5.69 Å². The molecule has 0 spiro atoms. The van der Waals surface area contributed by atoms with Crippen LogP contribution in [0.1, 0.15) is 5.56 Å². The maximum atomic E-state index is 13.1. The molecule has 110 valence electrons. The van der Waals surface area contributed by atoms with Crippen LogP contribution < -0.4 is 9.47 Å². The van der Waals surface area contributed by atoms with Gasteiger partial charge in [-0.15, -0.1) is 0 Å². The van der Waals surface area contributed by atoms with Crippen molar-refractivity contribution >= 4 is 21.6 Å². The number of rotatable bonds is 5. The molecule has 0 unspecified atom stereocenters. The molecule has 0 heterocycles. The normalized spacial score (nSPS) is 10.2. The van der Waals surface area contributed by atoms with E-state index >= 15 is 0 Å². The molecule has 0 amide bonds. The molecular weight excluding hydrogens is 345 g/mol. The summed E-state index contributed by atoms with van der Waals surface area (Å²) in [6, 6.07) is 8.62. The van der Waals surface area contributed by atoms with Crippen molar-refractivity contribution in [1.82, 2.24) is 0 Å². The molecule has 0 aromatic heterocycles. The zero-order chi connectivity index (χ0) is 15.4. The highest BCUT2D eigenvalue weighted by Gasteiger charge is 2.12. The molecule has 2 aromatic carbocycles. The lowest BCUT2D eigenvalue weighted by molar-refractivity contribution is -0.385. The van der Waals surface area contributed by atoms with Crippen LogP contribution in [0.4, 0.5) is 10.1 Å². The first-order chi connectivity index (χ1) is 10.0. The Morgan fingerprint density at radius 2 is 2.00 bits per heavy atom. The van der Waals surface area contributed by atoms with E-state index in [1.54, 1.807) is 12.1 Å². The number of non-ortho nitro benzene ring substituents is 1. The summed E-state index contributed by atoms with van der Waals surface area (Å²) < 4.78 is 24.1. The number of benzene rings is 2. The summed E-state index contributed by atoms with van der Waals surface area (Å²) in [6.45, 7) is 0.188. The fourth-order valence-corrected chi connectivity index (χ4v) is 2.11. The van der Waals surface area contributed by atoms with Crippen molar-refractivity contribution in [3.05, 3.63) is 62.4 Å². The summed E-state index contributed by atoms with van der Waals surface area (Å²) in [4.78, 5) is 10.2. The molecule has 2 rings (SSSR count). The van der Waals surface area contributed by atoms with Crippen LogP contribution in [0.2, 0.25) is 0 Å². The minimum Gasteiger partial charge on any atom is -0.493 e. The Kier molecular flexibility index (Phi) is 4.74. The Hall–Kier alpha value is -2.15. The molecule has 2 aromatic rings. The van der Waals surface area contributed by atoms with Gasteiger partial charge in [0, 0.05) is 6.07 Å². The summed E-state index contributed by atoms with van der Waals surface area (Å²) >= 11 is 3.10. The molecule has 0 radical (unpaired) electrons. The van der Waals surface area contributed by atoms with E-state index in [4.69, 9.17) is 9.47 Å². The number of nitro groups is 1. The van der Waals surface area contributed by atoms with Gasteiger partial charge in [0.2, 0.25) is 0 Å². The first-order valence-corrected chi connectivity index (χ1v) is 6.69. The van der Waals surface area contributed by atoms with Gasteiger partial charge in [-0.05, 0) is 39.7 Å². The van der Waals surface area contributed by atoms with Crippen LogP contribution in [0.25, 0.3) is 0 Å². The Bertz CT molecular complexity index is 678. The van der Waals surface area contributed by atoms with Crippen LogP contribution in [0.3, 0.4) is 0 Å². The Labute approximate surface area is 128 Å². The fourth-order valence-electron chi connectivity index (χ4n) is 1.68. The quantitative estimate of drug-likeness (QED) is 0.598.